The summed E-state index contributed by atoms with van der Waals surface area (Å²) in [5.41, 5.74) is 1.14. The van der Waals surface area contributed by atoms with Crippen LogP contribution in [0.25, 0.3) is 0 Å². The zero-order chi connectivity index (χ0) is 12.8. The van der Waals surface area contributed by atoms with Crippen LogP contribution in [0.2, 0.25) is 0 Å². The second-order valence-corrected chi connectivity index (χ2v) is 4.78. The average Bonchev–Trinajstić information content (AvgIpc) is 2.86. The molecular formula is C14H17BrClNO2. The number of nitrogens with one attached hydrogen (secondary N) is 1. The average molecular weight is 347 g/mol. The predicted octanol–water partition coefficient (Wildman–Crippen LogP) is 4.15. The fourth-order valence-corrected chi connectivity index (χ4v) is 2.12. The Balaban J connectivity index is 0.00000180. The molecule has 0 saturated carbocycles. The fraction of sp³-hybridized carbons (Fsp3) is 0.286. The molecule has 0 aliphatic carbocycles. The third kappa shape index (κ3) is 4.90. The van der Waals surface area contributed by atoms with Gasteiger partial charge in [0.1, 0.15) is 11.5 Å². The Bertz CT molecular complexity index is 488. The third-order valence-corrected chi connectivity index (χ3v) is 3.01. The zero-order valence-corrected chi connectivity index (χ0v) is 13.1. The van der Waals surface area contributed by atoms with E-state index in [0.717, 1.165) is 28.1 Å². The molecule has 0 radical (unpaired) electrons. The van der Waals surface area contributed by atoms with Gasteiger partial charge in [-0.1, -0.05) is 15.9 Å². The summed E-state index contributed by atoms with van der Waals surface area (Å²) in [4.78, 5) is 0. The van der Waals surface area contributed by atoms with Crippen molar-refractivity contribution in [2.24, 2.45) is 0 Å². The molecule has 0 saturated heterocycles. The Hall–Kier alpha value is -0.970. The van der Waals surface area contributed by atoms with Crippen LogP contribution in [-0.4, -0.2) is 6.61 Å². The normalized spacial score (nSPS) is 10.0. The van der Waals surface area contributed by atoms with Crippen LogP contribution in [0.5, 0.6) is 5.75 Å². The lowest BCUT2D eigenvalue weighted by molar-refractivity contribution is 0.335. The smallest absolute Gasteiger partial charge is 0.123 e. The van der Waals surface area contributed by atoms with Crippen LogP contribution in [0.3, 0.4) is 0 Å². The minimum Gasteiger partial charge on any atom is -0.494 e. The number of benzene rings is 1. The molecule has 0 bridgehead atoms. The Morgan fingerprint density at radius 2 is 2.11 bits per heavy atom. The van der Waals surface area contributed by atoms with E-state index in [1.807, 2.05) is 31.2 Å². The van der Waals surface area contributed by atoms with Gasteiger partial charge in [-0.3, -0.25) is 0 Å². The Kier molecular flexibility index (Phi) is 6.99. The maximum Gasteiger partial charge on any atom is 0.123 e. The Labute approximate surface area is 127 Å². The monoisotopic (exact) mass is 345 g/mol. The van der Waals surface area contributed by atoms with Crippen molar-refractivity contribution in [1.82, 2.24) is 5.32 Å². The number of rotatable bonds is 6. The van der Waals surface area contributed by atoms with Gasteiger partial charge in [0.05, 0.1) is 19.4 Å². The molecular weight excluding hydrogens is 330 g/mol. The lowest BCUT2D eigenvalue weighted by atomic mass is 10.2. The highest BCUT2D eigenvalue weighted by Crippen LogP contribution is 2.23. The van der Waals surface area contributed by atoms with E-state index in [-0.39, 0.29) is 12.4 Å². The summed E-state index contributed by atoms with van der Waals surface area (Å²) in [7, 11) is 0. The van der Waals surface area contributed by atoms with E-state index in [4.69, 9.17) is 9.15 Å². The molecule has 0 amide bonds. The molecule has 0 spiro atoms. The standard InChI is InChI=1S/C14H16BrNO2.ClH/c1-2-17-14-6-5-12(15)8-11(14)9-16-10-13-4-3-7-18-13;/h3-8,16H,2,9-10H2,1H3;1H. The van der Waals surface area contributed by atoms with Crippen molar-refractivity contribution in [2.75, 3.05) is 6.61 Å². The quantitative estimate of drug-likeness (QED) is 0.853. The van der Waals surface area contributed by atoms with Crippen molar-refractivity contribution in [3.05, 3.63) is 52.4 Å². The van der Waals surface area contributed by atoms with Crippen molar-refractivity contribution in [3.63, 3.8) is 0 Å². The van der Waals surface area contributed by atoms with Crippen molar-refractivity contribution in [3.8, 4) is 5.75 Å². The first-order valence-electron chi connectivity index (χ1n) is 5.94. The van der Waals surface area contributed by atoms with Crippen molar-refractivity contribution >= 4 is 28.3 Å². The summed E-state index contributed by atoms with van der Waals surface area (Å²) in [6.45, 7) is 4.12. The summed E-state index contributed by atoms with van der Waals surface area (Å²) in [5.74, 6) is 1.86. The number of hydrogen-bond acceptors (Lipinski definition) is 3. The SMILES string of the molecule is CCOc1ccc(Br)cc1CNCc1ccco1.Cl. The molecule has 3 nitrogen and oxygen atoms in total. The first kappa shape index (κ1) is 16.1. The van der Waals surface area contributed by atoms with Crippen LogP contribution < -0.4 is 10.1 Å². The van der Waals surface area contributed by atoms with E-state index in [9.17, 15) is 0 Å². The van der Waals surface area contributed by atoms with Crippen molar-refractivity contribution < 1.29 is 9.15 Å². The maximum atomic E-state index is 5.60. The summed E-state index contributed by atoms with van der Waals surface area (Å²) in [6, 6.07) is 9.89. The van der Waals surface area contributed by atoms with Crippen LogP contribution in [0, 0.1) is 0 Å². The van der Waals surface area contributed by atoms with Gasteiger partial charge in [-0.15, -0.1) is 12.4 Å². The van der Waals surface area contributed by atoms with Gasteiger partial charge in [-0.25, -0.2) is 0 Å². The van der Waals surface area contributed by atoms with Gasteiger partial charge in [-0.2, -0.15) is 0 Å². The van der Waals surface area contributed by atoms with E-state index >= 15 is 0 Å². The molecule has 0 fully saturated rings. The molecule has 19 heavy (non-hydrogen) atoms. The highest BCUT2D eigenvalue weighted by molar-refractivity contribution is 9.10. The van der Waals surface area contributed by atoms with Crippen LogP contribution >= 0.6 is 28.3 Å². The molecule has 1 aromatic heterocycles. The van der Waals surface area contributed by atoms with Gasteiger partial charge in [0.15, 0.2) is 0 Å². The first-order valence-corrected chi connectivity index (χ1v) is 6.73. The molecule has 0 unspecified atom stereocenters. The van der Waals surface area contributed by atoms with Gasteiger partial charge < -0.3 is 14.5 Å². The molecule has 1 N–H and O–H groups in total. The third-order valence-electron chi connectivity index (χ3n) is 2.52. The van der Waals surface area contributed by atoms with Crippen molar-refractivity contribution in [2.45, 2.75) is 20.0 Å². The first-order chi connectivity index (χ1) is 8.79. The summed E-state index contributed by atoms with van der Waals surface area (Å²) < 4.78 is 11.9. The number of ether oxygens (including phenoxy) is 1. The topological polar surface area (TPSA) is 34.4 Å². The van der Waals surface area contributed by atoms with Gasteiger partial charge in [0.25, 0.3) is 0 Å². The maximum absolute atomic E-state index is 5.60. The van der Waals surface area contributed by atoms with Gasteiger partial charge in [0.2, 0.25) is 0 Å². The highest BCUT2D eigenvalue weighted by atomic mass is 79.9. The molecule has 1 heterocycles. The minimum atomic E-state index is 0. The van der Waals surface area contributed by atoms with E-state index in [1.54, 1.807) is 6.26 Å². The molecule has 0 atom stereocenters. The van der Waals surface area contributed by atoms with E-state index < -0.39 is 0 Å². The molecule has 2 aromatic rings. The van der Waals surface area contributed by atoms with Gasteiger partial charge in [-0.05, 0) is 37.3 Å². The highest BCUT2D eigenvalue weighted by Gasteiger charge is 2.04. The van der Waals surface area contributed by atoms with Crippen molar-refractivity contribution in [1.29, 1.82) is 0 Å². The zero-order valence-electron chi connectivity index (χ0n) is 10.7. The van der Waals surface area contributed by atoms with Crippen LogP contribution in [-0.2, 0) is 13.1 Å². The second kappa shape index (κ2) is 8.25. The molecule has 0 aliphatic rings. The summed E-state index contributed by atoms with van der Waals surface area (Å²) >= 11 is 3.48. The number of hydrogen-bond donors (Lipinski definition) is 1. The van der Waals surface area contributed by atoms with E-state index in [0.29, 0.717) is 13.2 Å². The van der Waals surface area contributed by atoms with Gasteiger partial charge in [0, 0.05) is 16.6 Å². The van der Waals surface area contributed by atoms with Gasteiger partial charge >= 0.3 is 0 Å². The van der Waals surface area contributed by atoms with Crippen LogP contribution in [0.15, 0.2) is 45.5 Å². The summed E-state index contributed by atoms with van der Waals surface area (Å²) in [6.07, 6.45) is 1.68. The van der Waals surface area contributed by atoms with E-state index in [2.05, 4.69) is 27.3 Å². The Morgan fingerprint density at radius 1 is 1.26 bits per heavy atom. The molecule has 5 heteroatoms. The fourth-order valence-electron chi connectivity index (χ4n) is 1.72. The summed E-state index contributed by atoms with van der Waals surface area (Å²) in [5, 5.41) is 3.34. The lowest BCUT2D eigenvalue weighted by Gasteiger charge is -2.11. The molecule has 0 aliphatic heterocycles. The van der Waals surface area contributed by atoms with E-state index in [1.165, 1.54) is 0 Å². The second-order valence-electron chi connectivity index (χ2n) is 3.87. The predicted molar refractivity (Wildman–Crippen MR) is 81.8 cm³/mol. The lowest BCUT2D eigenvalue weighted by Crippen LogP contribution is -2.13. The minimum absolute atomic E-state index is 0. The molecule has 1 aromatic carbocycles. The Morgan fingerprint density at radius 3 is 2.79 bits per heavy atom. The molecule has 104 valence electrons. The number of halogens is 2. The van der Waals surface area contributed by atoms with Crippen LogP contribution in [0.4, 0.5) is 0 Å². The number of furan rings is 1. The van der Waals surface area contributed by atoms with Crippen LogP contribution in [0.1, 0.15) is 18.2 Å². The largest absolute Gasteiger partial charge is 0.494 e. The molecule has 2 rings (SSSR count).